The van der Waals surface area contributed by atoms with E-state index < -0.39 is 10.0 Å². The lowest BCUT2D eigenvalue weighted by Crippen LogP contribution is -2.27. The molecule has 0 amide bonds. The van der Waals surface area contributed by atoms with Gasteiger partial charge in [0.2, 0.25) is 10.0 Å². The number of benzene rings is 1. The number of sulfonamides is 1. The fraction of sp³-hybridized carbons (Fsp3) is 0.222. The Kier molecular flexibility index (Phi) is 5.71. The Morgan fingerprint density at radius 3 is 2.56 bits per heavy atom. The van der Waals surface area contributed by atoms with E-state index in [2.05, 4.69) is 26.0 Å². The maximum absolute atomic E-state index is 13.0. The maximum atomic E-state index is 13.0. The van der Waals surface area contributed by atoms with Crippen LogP contribution in [-0.2, 0) is 16.6 Å². The molecule has 1 aromatic carbocycles. The normalized spacial score (nSPS) is 11.9. The van der Waals surface area contributed by atoms with Crippen LogP contribution in [0.15, 0.2) is 52.0 Å². The van der Waals surface area contributed by atoms with Gasteiger partial charge in [0.15, 0.2) is 0 Å². The van der Waals surface area contributed by atoms with E-state index >= 15 is 0 Å². The molecular weight excluding hydrogens is 452 g/mol. The summed E-state index contributed by atoms with van der Waals surface area (Å²) in [6.45, 7) is 3.97. The molecule has 0 aliphatic heterocycles. The predicted molar refractivity (Wildman–Crippen MR) is 109 cm³/mol. The van der Waals surface area contributed by atoms with Crippen LogP contribution in [0.4, 0.5) is 0 Å². The molecule has 0 fully saturated rings. The van der Waals surface area contributed by atoms with Gasteiger partial charge in [-0.3, -0.25) is 0 Å². The molecule has 9 heteroatoms. The van der Waals surface area contributed by atoms with Gasteiger partial charge in [0.05, 0.1) is 11.4 Å². The first-order valence-electron chi connectivity index (χ1n) is 8.09. The van der Waals surface area contributed by atoms with E-state index in [1.54, 1.807) is 0 Å². The fourth-order valence-electron chi connectivity index (χ4n) is 2.78. The zero-order valence-corrected chi connectivity index (χ0v) is 18.2. The minimum absolute atomic E-state index is 0.0354. The van der Waals surface area contributed by atoms with E-state index in [4.69, 9.17) is 11.6 Å². The van der Waals surface area contributed by atoms with Crippen molar-refractivity contribution in [2.75, 3.05) is 7.05 Å². The highest BCUT2D eigenvalue weighted by atomic mass is 79.9. The van der Waals surface area contributed by atoms with E-state index in [-0.39, 0.29) is 16.6 Å². The number of halogens is 2. The summed E-state index contributed by atoms with van der Waals surface area (Å²) in [7, 11) is -2.29. The first-order valence-corrected chi connectivity index (χ1v) is 10.7. The van der Waals surface area contributed by atoms with Gasteiger partial charge in [0, 0.05) is 35.5 Å². The molecule has 0 unspecified atom stereocenters. The van der Waals surface area contributed by atoms with Crippen LogP contribution < -0.4 is 0 Å². The second-order valence-corrected chi connectivity index (χ2v) is 9.39. The Morgan fingerprint density at radius 2 is 1.89 bits per heavy atom. The minimum atomic E-state index is -3.81. The zero-order chi connectivity index (χ0) is 19.8. The van der Waals surface area contributed by atoms with Crippen LogP contribution in [0.3, 0.4) is 0 Å². The summed E-state index contributed by atoms with van der Waals surface area (Å²) in [5.41, 5.74) is 3.44. The van der Waals surface area contributed by atoms with Crippen molar-refractivity contribution in [3.05, 3.63) is 69.2 Å². The lowest BCUT2D eigenvalue weighted by atomic mass is 10.2. The third-order valence-corrected chi connectivity index (χ3v) is 6.95. The number of hydrogen-bond acceptors (Lipinski definition) is 4. The highest BCUT2D eigenvalue weighted by Gasteiger charge is 2.27. The molecule has 0 spiro atoms. The standard InChI is InChI=1S/C18H18BrClN4O2S/c1-12-16(13(2)24(22-12)15-7-5-4-6-8-15)11-23(3)27(25,26)17-9-14(19)10-21-18(17)20/h4-10H,11H2,1-3H3. The minimum Gasteiger partial charge on any atom is -0.242 e. The van der Waals surface area contributed by atoms with E-state index in [9.17, 15) is 8.42 Å². The van der Waals surface area contributed by atoms with Crippen LogP contribution in [0.1, 0.15) is 17.0 Å². The highest BCUT2D eigenvalue weighted by Crippen LogP contribution is 2.27. The maximum Gasteiger partial charge on any atom is 0.246 e. The summed E-state index contributed by atoms with van der Waals surface area (Å²) < 4.78 is 29.5. The van der Waals surface area contributed by atoms with Gasteiger partial charge in [-0.05, 0) is 48.0 Å². The lowest BCUT2D eigenvalue weighted by Gasteiger charge is -2.18. The topological polar surface area (TPSA) is 68.1 Å². The molecule has 0 N–H and O–H groups in total. The van der Waals surface area contributed by atoms with Crippen molar-refractivity contribution >= 4 is 37.6 Å². The molecule has 0 aliphatic rings. The molecule has 0 bridgehead atoms. The molecule has 2 aromatic heterocycles. The van der Waals surface area contributed by atoms with Crippen molar-refractivity contribution in [3.63, 3.8) is 0 Å². The van der Waals surface area contributed by atoms with Crippen LogP contribution in [0, 0.1) is 13.8 Å². The van der Waals surface area contributed by atoms with Gasteiger partial charge in [-0.15, -0.1) is 0 Å². The van der Waals surface area contributed by atoms with Crippen LogP contribution in [-0.4, -0.2) is 34.5 Å². The van der Waals surface area contributed by atoms with Crippen LogP contribution in [0.2, 0.25) is 5.15 Å². The van der Waals surface area contributed by atoms with Gasteiger partial charge >= 0.3 is 0 Å². The molecule has 0 saturated heterocycles. The largest absolute Gasteiger partial charge is 0.246 e. The average molecular weight is 470 g/mol. The number of hydrogen-bond donors (Lipinski definition) is 0. The molecule has 0 atom stereocenters. The molecule has 2 heterocycles. The summed E-state index contributed by atoms with van der Waals surface area (Å²) in [4.78, 5) is 3.87. The van der Waals surface area contributed by atoms with Crippen molar-refractivity contribution < 1.29 is 8.42 Å². The second kappa shape index (κ2) is 7.71. The third-order valence-electron chi connectivity index (χ3n) is 4.28. The summed E-state index contributed by atoms with van der Waals surface area (Å²) in [6, 6.07) is 11.2. The van der Waals surface area contributed by atoms with Crippen molar-refractivity contribution in [2.24, 2.45) is 0 Å². The third kappa shape index (κ3) is 3.94. The molecule has 27 heavy (non-hydrogen) atoms. The van der Waals surface area contributed by atoms with Crippen LogP contribution >= 0.6 is 27.5 Å². The summed E-state index contributed by atoms with van der Waals surface area (Å²) in [6.07, 6.45) is 1.46. The molecule has 0 saturated carbocycles. The van der Waals surface area contributed by atoms with E-state index in [0.717, 1.165) is 22.6 Å². The quantitative estimate of drug-likeness (QED) is 0.527. The summed E-state index contributed by atoms with van der Waals surface area (Å²) in [5, 5.41) is 4.51. The average Bonchev–Trinajstić information content (AvgIpc) is 2.92. The molecule has 6 nitrogen and oxygen atoms in total. The SMILES string of the molecule is Cc1nn(-c2ccccc2)c(C)c1CN(C)S(=O)(=O)c1cc(Br)cnc1Cl. The number of pyridine rings is 1. The number of para-hydroxylation sites is 1. The van der Waals surface area contributed by atoms with E-state index in [1.807, 2.05) is 48.9 Å². The molecule has 3 aromatic rings. The van der Waals surface area contributed by atoms with Crippen LogP contribution in [0.5, 0.6) is 0 Å². The Balaban J connectivity index is 1.96. The Labute approximate surface area is 172 Å². The van der Waals surface area contributed by atoms with E-state index in [0.29, 0.717) is 4.47 Å². The van der Waals surface area contributed by atoms with Crippen molar-refractivity contribution in [1.29, 1.82) is 0 Å². The van der Waals surface area contributed by atoms with Crippen molar-refractivity contribution in [1.82, 2.24) is 19.1 Å². The molecule has 3 rings (SSSR count). The Bertz CT molecular complexity index is 1080. The van der Waals surface area contributed by atoms with Gasteiger partial charge in [-0.2, -0.15) is 9.40 Å². The number of rotatable bonds is 5. The molecule has 142 valence electrons. The molecule has 0 aliphatic carbocycles. The van der Waals surface area contributed by atoms with Crippen molar-refractivity contribution in [2.45, 2.75) is 25.3 Å². The summed E-state index contributed by atoms with van der Waals surface area (Å²) in [5.74, 6) is 0. The Morgan fingerprint density at radius 1 is 1.22 bits per heavy atom. The van der Waals surface area contributed by atoms with Crippen LogP contribution in [0.25, 0.3) is 5.69 Å². The first kappa shape index (κ1) is 20.0. The molecular formula is C18H18BrClN4O2S. The number of nitrogens with zero attached hydrogens (tertiary/aromatic N) is 4. The first-order chi connectivity index (χ1) is 12.7. The predicted octanol–water partition coefficient (Wildman–Crippen LogP) is 4.12. The summed E-state index contributed by atoms with van der Waals surface area (Å²) >= 11 is 9.26. The van der Waals surface area contributed by atoms with Gasteiger partial charge in [-0.25, -0.2) is 18.1 Å². The van der Waals surface area contributed by atoms with Gasteiger partial charge in [0.25, 0.3) is 0 Å². The number of aryl methyl sites for hydroxylation is 1. The van der Waals surface area contributed by atoms with E-state index in [1.165, 1.54) is 23.6 Å². The van der Waals surface area contributed by atoms with Crippen molar-refractivity contribution in [3.8, 4) is 5.69 Å². The second-order valence-electron chi connectivity index (χ2n) is 6.10. The van der Waals surface area contributed by atoms with Gasteiger partial charge in [0.1, 0.15) is 10.0 Å². The monoisotopic (exact) mass is 468 g/mol. The highest BCUT2D eigenvalue weighted by molar-refractivity contribution is 9.10. The lowest BCUT2D eigenvalue weighted by molar-refractivity contribution is 0.465. The van der Waals surface area contributed by atoms with Gasteiger partial charge in [-0.1, -0.05) is 29.8 Å². The smallest absolute Gasteiger partial charge is 0.242 e. The van der Waals surface area contributed by atoms with Gasteiger partial charge < -0.3 is 0 Å². The number of aromatic nitrogens is 3. The zero-order valence-electron chi connectivity index (χ0n) is 15.0. The Hall–Kier alpha value is -1.74. The molecule has 0 radical (unpaired) electrons. The fourth-order valence-corrected chi connectivity index (χ4v) is 4.84.